The third kappa shape index (κ3) is 4.53. The van der Waals surface area contributed by atoms with E-state index < -0.39 is 6.10 Å². The van der Waals surface area contributed by atoms with Crippen LogP contribution in [0.2, 0.25) is 0 Å². The predicted molar refractivity (Wildman–Crippen MR) is 105 cm³/mol. The number of halogens is 1. The first-order valence-corrected chi connectivity index (χ1v) is 9.00. The van der Waals surface area contributed by atoms with Crippen molar-refractivity contribution in [3.8, 4) is 5.75 Å². The minimum atomic E-state index is -0.859. The minimum absolute atomic E-state index is 0.0342. The van der Waals surface area contributed by atoms with Crippen LogP contribution in [0.5, 0.6) is 5.75 Å². The van der Waals surface area contributed by atoms with Gasteiger partial charge >= 0.3 is 0 Å². The number of aliphatic hydroxyl groups excluding tert-OH is 1. The van der Waals surface area contributed by atoms with Crippen LogP contribution in [0.25, 0.3) is 10.9 Å². The van der Waals surface area contributed by atoms with Gasteiger partial charge in [-0.2, -0.15) is 0 Å². The quantitative estimate of drug-likeness (QED) is 0.622. The Morgan fingerprint density at radius 1 is 1.30 bits per heavy atom. The molecule has 7 nitrogen and oxygen atoms in total. The van der Waals surface area contributed by atoms with Gasteiger partial charge in [0.15, 0.2) is 0 Å². The number of methoxy groups -OCH3 is 1. The van der Waals surface area contributed by atoms with Crippen molar-refractivity contribution >= 4 is 32.7 Å². The molecule has 2 N–H and O–H groups in total. The van der Waals surface area contributed by atoms with Crippen molar-refractivity contribution in [2.45, 2.75) is 12.6 Å². The molecule has 1 atom stereocenters. The number of amides is 1. The summed E-state index contributed by atoms with van der Waals surface area (Å²) in [5.41, 5.74) is 0.924. The van der Waals surface area contributed by atoms with Crippen LogP contribution in [0, 0.1) is 0 Å². The lowest BCUT2D eigenvalue weighted by Gasteiger charge is -2.13. The number of ether oxygens (including phenoxy) is 1. The van der Waals surface area contributed by atoms with Crippen molar-refractivity contribution in [1.29, 1.82) is 0 Å². The van der Waals surface area contributed by atoms with E-state index in [9.17, 15) is 14.7 Å². The Labute approximate surface area is 163 Å². The number of benzene rings is 2. The summed E-state index contributed by atoms with van der Waals surface area (Å²) in [4.78, 5) is 28.9. The number of nitrogens with zero attached hydrogens (tertiary/aromatic N) is 2. The predicted octanol–water partition coefficient (Wildman–Crippen LogP) is 2.02. The van der Waals surface area contributed by atoms with Crippen LogP contribution in [0.3, 0.4) is 0 Å². The average Bonchev–Trinajstić information content (AvgIpc) is 2.68. The van der Waals surface area contributed by atoms with Crippen molar-refractivity contribution in [2.75, 3.05) is 13.7 Å². The first-order chi connectivity index (χ1) is 13.0. The first-order valence-electron chi connectivity index (χ1n) is 8.21. The van der Waals surface area contributed by atoms with Crippen molar-refractivity contribution in [3.05, 3.63) is 69.2 Å². The molecule has 0 saturated heterocycles. The molecule has 0 saturated carbocycles. The minimum Gasteiger partial charge on any atom is -0.497 e. The number of fused-ring (bicyclic) bond motifs is 1. The number of nitrogens with one attached hydrogen (secondary N) is 1. The lowest BCUT2D eigenvalue weighted by molar-refractivity contribution is -0.122. The Hall–Kier alpha value is -2.71. The normalized spacial score (nSPS) is 12.0. The van der Waals surface area contributed by atoms with Crippen molar-refractivity contribution in [2.24, 2.45) is 0 Å². The second kappa shape index (κ2) is 8.32. The SMILES string of the molecule is COc1ccc(C(O)CNC(=O)Cn2cnc3ccc(Br)cc3c2=O)cc1. The summed E-state index contributed by atoms with van der Waals surface area (Å²) in [6.07, 6.45) is 0.486. The van der Waals surface area contributed by atoms with Crippen molar-refractivity contribution < 1.29 is 14.6 Å². The Kier molecular flexibility index (Phi) is 5.88. The highest BCUT2D eigenvalue weighted by Gasteiger charge is 2.12. The van der Waals surface area contributed by atoms with Gasteiger partial charge < -0.3 is 15.2 Å². The molecule has 3 rings (SSSR count). The van der Waals surface area contributed by atoms with Crippen LogP contribution < -0.4 is 15.6 Å². The molecule has 0 spiro atoms. The van der Waals surface area contributed by atoms with E-state index in [2.05, 4.69) is 26.2 Å². The first kappa shape index (κ1) is 19.1. The van der Waals surface area contributed by atoms with Gasteiger partial charge in [-0.1, -0.05) is 28.1 Å². The molecule has 1 aromatic heterocycles. The number of hydrogen-bond donors (Lipinski definition) is 2. The molecule has 0 aliphatic carbocycles. The fraction of sp³-hybridized carbons (Fsp3) is 0.211. The number of aromatic nitrogens is 2. The summed E-state index contributed by atoms with van der Waals surface area (Å²) in [6, 6.07) is 12.1. The number of rotatable bonds is 6. The molecule has 1 amide bonds. The molecule has 140 valence electrons. The third-order valence-corrected chi connectivity index (χ3v) is 4.59. The fourth-order valence-electron chi connectivity index (χ4n) is 2.61. The summed E-state index contributed by atoms with van der Waals surface area (Å²) in [5, 5.41) is 13.2. The summed E-state index contributed by atoms with van der Waals surface area (Å²) in [6.45, 7) is -0.143. The van der Waals surface area contributed by atoms with E-state index in [1.807, 2.05) is 0 Å². The molecule has 0 aliphatic heterocycles. The molecule has 1 heterocycles. The molecule has 8 heteroatoms. The van der Waals surface area contributed by atoms with E-state index in [4.69, 9.17) is 4.74 Å². The van der Waals surface area contributed by atoms with Gasteiger partial charge in [0.2, 0.25) is 5.91 Å². The maximum atomic E-state index is 12.5. The van der Waals surface area contributed by atoms with E-state index >= 15 is 0 Å². The zero-order chi connectivity index (χ0) is 19.4. The molecular weight excluding hydrogens is 414 g/mol. The van der Waals surface area contributed by atoms with Crippen molar-refractivity contribution in [1.82, 2.24) is 14.9 Å². The largest absolute Gasteiger partial charge is 0.497 e. The topological polar surface area (TPSA) is 93.4 Å². The summed E-state index contributed by atoms with van der Waals surface area (Å²) < 4.78 is 7.07. The van der Waals surface area contributed by atoms with Crippen LogP contribution in [-0.4, -0.2) is 34.2 Å². The molecule has 1 unspecified atom stereocenters. The van der Waals surface area contributed by atoms with E-state index in [1.165, 1.54) is 10.9 Å². The van der Waals surface area contributed by atoms with Crippen molar-refractivity contribution in [3.63, 3.8) is 0 Å². The highest BCUT2D eigenvalue weighted by molar-refractivity contribution is 9.10. The highest BCUT2D eigenvalue weighted by atomic mass is 79.9. The second-order valence-electron chi connectivity index (χ2n) is 5.93. The number of aliphatic hydroxyl groups is 1. The van der Waals surface area contributed by atoms with Gasteiger partial charge in [-0.15, -0.1) is 0 Å². The number of hydrogen-bond acceptors (Lipinski definition) is 5. The van der Waals surface area contributed by atoms with E-state index in [-0.39, 0.29) is 24.6 Å². The lowest BCUT2D eigenvalue weighted by atomic mass is 10.1. The second-order valence-corrected chi connectivity index (χ2v) is 6.85. The average molecular weight is 432 g/mol. The van der Waals surface area contributed by atoms with E-state index in [0.29, 0.717) is 22.2 Å². The zero-order valence-corrected chi connectivity index (χ0v) is 16.1. The van der Waals surface area contributed by atoms with Gasteiger partial charge in [0.05, 0.1) is 30.4 Å². The number of carbonyl (C=O) groups excluding carboxylic acids is 1. The molecular formula is C19H18BrN3O4. The molecule has 0 bridgehead atoms. The molecule has 27 heavy (non-hydrogen) atoms. The lowest BCUT2D eigenvalue weighted by Crippen LogP contribution is -2.34. The van der Waals surface area contributed by atoms with E-state index in [0.717, 1.165) is 4.47 Å². The van der Waals surface area contributed by atoms with Crippen LogP contribution in [0.4, 0.5) is 0 Å². The van der Waals surface area contributed by atoms with Gasteiger partial charge in [-0.05, 0) is 35.9 Å². The monoisotopic (exact) mass is 431 g/mol. The summed E-state index contributed by atoms with van der Waals surface area (Å²) in [7, 11) is 1.56. The standard InChI is InChI=1S/C19H18BrN3O4/c1-27-14-5-2-12(3-6-14)17(24)9-21-18(25)10-23-11-22-16-7-4-13(20)8-15(16)19(23)26/h2-8,11,17,24H,9-10H2,1H3,(H,21,25). The van der Waals surface area contributed by atoms with Crippen LogP contribution in [-0.2, 0) is 11.3 Å². The molecule has 2 aromatic carbocycles. The Balaban J connectivity index is 1.64. The zero-order valence-electron chi connectivity index (χ0n) is 14.6. The number of carbonyl (C=O) groups is 1. The van der Waals surface area contributed by atoms with Gasteiger partial charge in [-0.25, -0.2) is 4.98 Å². The van der Waals surface area contributed by atoms with Gasteiger partial charge in [0, 0.05) is 11.0 Å². The maximum Gasteiger partial charge on any atom is 0.261 e. The van der Waals surface area contributed by atoms with Gasteiger partial charge in [-0.3, -0.25) is 14.2 Å². The van der Waals surface area contributed by atoms with Gasteiger partial charge in [0.1, 0.15) is 12.3 Å². The molecule has 0 fully saturated rings. The molecule has 0 aliphatic rings. The summed E-state index contributed by atoms with van der Waals surface area (Å²) in [5.74, 6) is 0.297. The van der Waals surface area contributed by atoms with Crippen LogP contribution >= 0.6 is 15.9 Å². The van der Waals surface area contributed by atoms with Crippen LogP contribution in [0.15, 0.2) is 58.1 Å². The Bertz CT molecular complexity index is 1020. The Morgan fingerprint density at radius 2 is 2.04 bits per heavy atom. The fourth-order valence-corrected chi connectivity index (χ4v) is 2.97. The maximum absolute atomic E-state index is 12.5. The smallest absolute Gasteiger partial charge is 0.261 e. The molecule has 0 radical (unpaired) electrons. The Morgan fingerprint density at radius 3 is 2.74 bits per heavy atom. The molecule has 3 aromatic rings. The summed E-state index contributed by atoms with van der Waals surface area (Å²) >= 11 is 3.32. The third-order valence-electron chi connectivity index (χ3n) is 4.09. The van der Waals surface area contributed by atoms with E-state index in [1.54, 1.807) is 49.6 Å². The van der Waals surface area contributed by atoms with Crippen LogP contribution in [0.1, 0.15) is 11.7 Å². The highest BCUT2D eigenvalue weighted by Crippen LogP contribution is 2.17. The van der Waals surface area contributed by atoms with Gasteiger partial charge in [0.25, 0.3) is 5.56 Å².